The summed E-state index contributed by atoms with van der Waals surface area (Å²) in [7, 11) is 1.45. The van der Waals surface area contributed by atoms with Gasteiger partial charge in [-0.3, -0.25) is 14.9 Å². The number of carbonyl (C=O) groups is 3. The zero-order chi connectivity index (χ0) is 26.5. The molecule has 0 bridgehead atoms. The fraction of sp³-hybridized carbons (Fsp3) is 0.138. The lowest BCUT2D eigenvalue weighted by molar-refractivity contribution is -0.122. The van der Waals surface area contributed by atoms with Gasteiger partial charge in [-0.1, -0.05) is 42.0 Å². The summed E-state index contributed by atoms with van der Waals surface area (Å²) in [6.45, 7) is 5.64. The van der Waals surface area contributed by atoms with Crippen LogP contribution in [0.1, 0.15) is 22.3 Å². The number of halogens is 1. The number of amides is 4. The zero-order valence-corrected chi connectivity index (χ0v) is 20.4. The number of carbonyl (C=O) groups excluding carboxylic acids is 3. The summed E-state index contributed by atoms with van der Waals surface area (Å²) in [6.07, 6.45) is 3.44. The summed E-state index contributed by atoms with van der Waals surface area (Å²) < 4.78 is 25.5. The van der Waals surface area contributed by atoms with Crippen molar-refractivity contribution >= 4 is 29.6 Å². The van der Waals surface area contributed by atoms with E-state index >= 15 is 0 Å². The minimum Gasteiger partial charge on any atom is -0.493 e. The first-order chi connectivity index (χ1) is 17.8. The van der Waals surface area contributed by atoms with Crippen molar-refractivity contribution in [2.24, 2.45) is 0 Å². The smallest absolute Gasteiger partial charge is 0.335 e. The molecule has 4 rings (SSSR count). The van der Waals surface area contributed by atoms with Crippen LogP contribution >= 0.6 is 0 Å². The van der Waals surface area contributed by atoms with Crippen LogP contribution in [0.5, 0.6) is 11.5 Å². The van der Waals surface area contributed by atoms with Crippen LogP contribution in [0.25, 0.3) is 6.08 Å². The average molecular weight is 501 g/mol. The van der Waals surface area contributed by atoms with E-state index in [1.165, 1.54) is 19.3 Å². The molecular weight excluding hydrogens is 475 g/mol. The molecule has 3 aromatic carbocycles. The van der Waals surface area contributed by atoms with Crippen LogP contribution < -0.4 is 19.7 Å². The van der Waals surface area contributed by atoms with Crippen molar-refractivity contribution in [1.29, 1.82) is 0 Å². The van der Waals surface area contributed by atoms with Gasteiger partial charge in [-0.15, -0.1) is 6.58 Å². The summed E-state index contributed by atoms with van der Waals surface area (Å²) in [5.41, 5.74) is 2.60. The number of hydrogen-bond acceptors (Lipinski definition) is 5. The van der Waals surface area contributed by atoms with E-state index in [0.717, 1.165) is 10.5 Å². The van der Waals surface area contributed by atoms with Crippen LogP contribution in [-0.4, -0.2) is 25.0 Å². The Hall–Kier alpha value is -4.72. The van der Waals surface area contributed by atoms with Crippen molar-refractivity contribution < 1.29 is 28.2 Å². The van der Waals surface area contributed by atoms with E-state index in [2.05, 4.69) is 11.9 Å². The van der Waals surface area contributed by atoms with Gasteiger partial charge in [-0.2, -0.15) is 0 Å². The highest BCUT2D eigenvalue weighted by molar-refractivity contribution is 6.39. The number of methoxy groups -OCH3 is 1. The normalized spacial score (nSPS) is 14.5. The van der Waals surface area contributed by atoms with Gasteiger partial charge in [0.05, 0.1) is 12.8 Å². The van der Waals surface area contributed by atoms with Crippen molar-refractivity contribution in [2.75, 3.05) is 12.0 Å². The Morgan fingerprint density at radius 2 is 1.76 bits per heavy atom. The molecule has 0 aliphatic carbocycles. The molecule has 7 nitrogen and oxygen atoms in total. The molecule has 1 aliphatic heterocycles. The van der Waals surface area contributed by atoms with Gasteiger partial charge >= 0.3 is 6.03 Å². The third-order valence-electron chi connectivity index (χ3n) is 5.77. The summed E-state index contributed by atoms with van der Waals surface area (Å²) >= 11 is 0. The molecule has 0 saturated carbocycles. The van der Waals surface area contributed by atoms with E-state index in [4.69, 9.17) is 9.47 Å². The molecule has 3 aromatic rings. The SMILES string of the molecule is C=CCc1cc(/C=C2\C(=O)NC(=O)N(c3ccc(C)cc3)C2=O)cc(OC)c1OCc1ccccc1F. The first-order valence-corrected chi connectivity index (χ1v) is 11.5. The highest BCUT2D eigenvalue weighted by atomic mass is 19.1. The second kappa shape index (κ2) is 10.9. The van der Waals surface area contributed by atoms with Gasteiger partial charge in [0, 0.05) is 11.1 Å². The largest absolute Gasteiger partial charge is 0.493 e. The molecule has 0 unspecified atom stereocenters. The molecule has 1 heterocycles. The number of urea groups is 1. The summed E-state index contributed by atoms with van der Waals surface area (Å²) in [5, 5.41) is 2.22. The number of hydrogen-bond donors (Lipinski definition) is 1. The van der Waals surface area contributed by atoms with Crippen LogP contribution in [0.15, 0.2) is 78.9 Å². The van der Waals surface area contributed by atoms with Crippen LogP contribution in [-0.2, 0) is 22.6 Å². The Labute approximate surface area is 213 Å². The van der Waals surface area contributed by atoms with Gasteiger partial charge in [0.25, 0.3) is 11.8 Å². The monoisotopic (exact) mass is 500 g/mol. The molecule has 0 atom stereocenters. The summed E-state index contributed by atoms with van der Waals surface area (Å²) in [5.74, 6) is -1.21. The van der Waals surface area contributed by atoms with Crippen LogP contribution in [0.2, 0.25) is 0 Å². The van der Waals surface area contributed by atoms with Crippen molar-refractivity contribution in [2.45, 2.75) is 20.0 Å². The molecule has 4 amide bonds. The standard InChI is InChI=1S/C29H25FN2O5/c1-4-7-20-14-19(16-25(36-3)26(20)37-17-21-8-5-6-9-24(21)30)15-23-27(33)31-29(35)32(28(23)34)22-12-10-18(2)11-13-22/h4-6,8-16H,1,7,17H2,2-3H3,(H,31,33,35)/b23-15+. The number of nitrogens with zero attached hydrogens (tertiary/aromatic N) is 1. The van der Waals surface area contributed by atoms with Crippen LogP contribution in [0.4, 0.5) is 14.9 Å². The summed E-state index contributed by atoms with van der Waals surface area (Å²) in [4.78, 5) is 39.2. The first kappa shape index (κ1) is 25.4. The maximum atomic E-state index is 14.1. The minimum atomic E-state index is -0.821. The second-order valence-corrected chi connectivity index (χ2v) is 8.38. The van der Waals surface area contributed by atoms with Crippen molar-refractivity contribution in [3.05, 3.63) is 107 Å². The van der Waals surface area contributed by atoms with Crippen LogP contribution in [0, 0.1) is 12.7 Å². The Bertz CT molecular complexity index is 1410. The maximum Gasteiger partial charge on any atom is 0.335 e. The van der Waals surface area contributed by atoms with E-state index in [9.17, 15) is 18.8 Å². The van der Waals surface area contributed by atoms with E-state index in [1.807, 2.05) is 6.92 Å². The number of allylic oxidation sites excluding steroid dienone is 1. The Balaban J connectivity index is 1.70. The van der Waals surface area contributed by atoms with Crippen molar-refractivity contribution in [3.63, 3.8) is 0 Å². The van der Waals surface area contributed by atoms with Gasteiger partial charge in [0.1, 0.15) is 18.0 Å². The number of benzene rings is 3. The maximum absolute atomic E-state index is 14.1. The molecule has 0 aromatic heterocycles. The number of rotatable bonds is 8. The van der Waals surface area contributed by atoms with E-state index in [-0.39, 0.29) is 18.0 Å². The third kappa shape index (κ3) is 5.43. The Morgan fingerprint density at radius 1 is 1.03 bits per heavy atom. The highest BCUT2D eigenvalue weighted by Crippen LogP contribution is 2.35. The molecule has 1 saturated heterocycles. The predicted molar refractivity (Wildman–Crippen MR) is 138 cm³/mol. The van der Waals surface area contributed by atoms with Gasteiger partial charge in [0.2, 0.25) is 0 Å². The molecular formula is C29H25FN2O5. The Kier molecular flexibility index (Phi) is 7.48. The number of imide groups is 2. The fourth-order valence-corrected chi connectivity index (χ4v) is 3.91. The quantitative estimate of drug-likeness (QED) is 0.264. The van der Waals surface area contributed by atoms with E-state index in [0.29, 0.717) is 40.3 Å². The van der Waals surface area contributed by atoms with Gasteiger partial charge in [-0.05, 0) is 55.3 Å². The fourth-order valence-electron chi connectivity index (χ4n) is 3.91. The highest BCUT2D eigenvalue weighted by Gasteiger charge is 2.36. The molecule has 0 spiro atoms. The number of aryl methyl sites for hydroxylation is 1. The second-order valence-electron chi connectivity index (χ2n) is 8.38. The number of ether oxygens (including phenoxy) is 2. The first-order valence-electron chi connectivity index (χ1n) is 11.5. The molecule has 1 fully saturated rings. The summed E-state index contributed by atoms with van der Waals surface area (Å²) in [6, 6.07) is 15.6. The molecule has 1 N–H and O–H groups in total. The van der Waals surface area contributed by atoms with Crippen LogP contribution in [0.3, 0.4) is 0 Å². The molecule has 188 valence electrons. The lowest BCUT2D eigenvalue weighted by Crippen LogP contribution is -2.54. The topological polar surface area (TPSA) is 84.9 Å². The van der Waals surface area contributed by atoms with E-state index in [1.54, 1.807) is 60.7 Å². The van der Waals surface area contributed by atoms with Crippen molar-refractivity contribution in [1.82, 2.24) is 5.32 Å². The van der Waals surface area contributed by atoms with Gasteiger partial charge in [-0.25, -0.2) is 14.1 Å². The molecule has 37 heavy (non-hydrogen) atoms. The molecule has 1 aliphatic rings. The van der Waals surface area contributed by atoms with Gasteiger partial charge in [0.15, 0.2) is 11.5 Å². The predicted octanol–water partition coefficient (Wildman–Crippen LogP) is 5.12. The Morgan fingerprint density at radius 3 is 2.43 bits per heavy atom. The number of nitrogens with one attached hydrogen (secondary N) is 1. The third-order valence-corrected chi connectivity index (χ3v) is 5.77. The average Bonchev–Trinajstić information content (AvgIpc) is 2.87. The van der Waals surface area contributed by atoms with Crippen molar-refractivity contribution in [3.8, 4) is 11.5 Å². The minimum absolute atomic E-state index is 0.0257. The molecule has 0 radical (unpaired) electrons. The molecule has 8 heteroatoms. The number of barbiturate groups is 1. The lowest BCUT2D eigenvalue weighted by Gasteiger charge is -2.26. The number of anilines is 1. The lowest BCUT2D eigenvalue weighted by atomic mass is 10.0. The zero-order valence-electron chi connectivity index (χ0n) is 20.4. The van der Waals surface area contributed by atoms with E-state index < -0.39 is 17.8 Å². The van der Waals surface area contributed by atoms with Gasteiger partial charge < -0.3 is 9.47 Å².